The van der Waals surface area contributed by atoms with Crippen LogP contribution in [0.2, 0.25) is 0 Å². The van der Waals surface area contributed by atoms with Gasteiger partial charge in [-0.15, -0.1) is 24.0 Å². The van der Waals surface area contributed by atoms with E-state index in [9.17, 15) is 0 Å². The predicted octanol–water partition coefficient (Wildman–Crippen LogP) is 3.10. The first-order valence-corrected chi connectivity index (χ1v) is 8.02. The fourth-order valence-corrected chi connectivity index (χ4v) is 2.47. The number of hydrogen-bond donors (Lipinski definition) is 2. The Labute approximate surface area is 164 Å². The average molecular weight is 454 g/mol. The van der Waals surface area contributed by atoms with Crippen molar-refractivity contribution in [2.75, 3.05) is 18.5 Å². The van der Waals surface area contributed by atoms with Crippen molar-refractivity contribution in [2.45, 2.75) is 26.0 Å². The second-order valence-corrected chi connectivity index (χ2v) is 5.76. The Hall–Kier alpha value is -1.87. The Bertz CT molecular complexity index is 703. The maximum Gasteiger partial charge on any atom is 0.194 e. The highest BCUT2D eigenvalue weighted by molar-refractivity contribution is 14.0. The summed E-state index contributed by atoms with van der Waals surface area (Å²) in [6, 6.07) is 11.7. The van der Waals surface area contributed by atoms with Gasteiger partial charge < -0.3 is 20.5 Å². The zero-order chi connectivity index (χ0) is 16.8. The molecule has 25 heavy (non-hydrogen) atoms. The van der Waals surface area contributed by atoms with Crippen LogP contribution >= 0.6 is 24.0 Å². The minimum absolute atomic E-state index is 0. The molecule has 0 aliphatic carbocycles. The minimum atomic E-state index is 0. The van der Waals surface area contributed by atoms with Crippen LogP contribution in [0.15, 0.2) is 47.6 Å². The van der Waals surface area contributed by atoms with E-state index in [4.69, 9.17) is 15.2 Å². The fourth-order valence-electron chi connectivity index (χ4n) is 2.47. The van der Waals surface area contributed by atoms with Crippen molar-refractivity contribution in [3.63, 3.8) is 0 Å². The molecule has 1 aromatic carbocycles. The summed E-state index contributed by atoms with van der Waals surface area (Å²) < 4.78 is 11.4. The number of halogens is 1. The number of guanidine groups is 1. The first-order valence-electron chi connectivity index (χ1n) is 8.02. The minimum Gasteiger partial charge on any atom is -0.488 e. The lowest BCUT2D eigenvalue weighted by Crippen LogP contribution is -2.23. The lowest BCUT2D eigenvalue weighted by Gasteiger charge is -2.15. The van der Waals surface area contributed by atoms with E-state index in [-0.39, 0.29) is 30.1 Å². The Morgan fingerprint density at radius 3 is 3.00 bits per heavy atom. The van der Waals surface area contributed by atoms with Crippen LogP contribution in [0.25, 0.3) is 0 Å². The van der Waals surface area contributed by atoms with E-state index in [1.807, 2.05) is 43.3 Å². The fraction of sp³-hybridized carbons (Fsp3) is 0.333. The van der Waals surface area contributed by atoms with Crippen molar-refractivity contribution >= 4 is 35.8 Å². The number of aryl methyl sites for hydroxylation is 1. The number of rotatable bonds is 5. The number of anilines is 1. The molecule has 1 aromatic heterocycles. The third-order valence-electron chi connectivity index (χ3n) is 3.74. The molecule has 1 unspecified atom stereocenters. The van der Waals surface area contributed by atoms with Crippen LogP contribution in [-0.4, -0.2) is 30.3 Å². The predicted molar refractivity (Wildman–Crippen MR) is 110 cm³/mol. The number of nitrogens with zero attached hydrogens (tertiary/aromatic N) is 2. The highest BCUT2D eigenvalue weighted by Gasteiger charge is 2.18. The van der Waals surface area contributed by atoms with Crippen LogP contribution in [0.4, 0.5) is 5.82 Å². The summed E-state index contributed by atoms with van der Waals surface area (Å²) in [5, 5.41) is 2.97. The average Bonchev–Trinajstić information content (AvgIpc) is 3.08. The van der Waals surface area contributed by atoms with Crippen LogP contribution in [0.1, 0.15) is 17.5 Å². The molecule has 1 fully saturated rings. The van der Waals surface area contributed by atoms with E-state index in [0.29, 0.717) is 24.9 Å². The molecule has 1 saturated heterocycles. The summed E-state index contributed by atoms with van der Waals surface area (Å²) in [6.45, 7) is 3.88. The van der Waals surface area contributed by atoms with E-state index in [2.05, 4.69) is 15.3 Å². The number of ether oxygens (including phenoxy) is 2. The summed E-state index contributed by atoms with van der Waals surface area (Å²) in [6.07, 6.45) is 2.73. The van der Waals surface area contributed by atoms with Gasteiger partial charge in [-0.05, 0) is 30.7 Å². The molecule has 2 aromatic rings. The van der Waals surface area contributed by atoms with Crippen molar-refractivity contribution in [3.8, 4) is 5.75 Å². The second kappa shape index (κ2) is 9.57. The van der Waals surface area contributed by atoms with Crippen LogP contribution in [0, 0.1) is 6.92 Å². The number of nitrogens with one attached hydrogen (secondary N) is 1. The Morgan fingerprint density at radius 2 is 2.28 bits per heavy atom. The van der Waals surface area contributed by atoms with E-state index in [0.717, 1.165) is 29.9 Å². The molecule has 0 saturated carbocycles. The monoisotopic (exact) mass is 454 g/mol. The third kappa shape index (κ3) is 5.86. The number of nitrogens with two attached hydrogens (primary N) is 1. The topological polar surface area (TPSA) is 81.8 Å². The number of aromatic nitrogens is 1. The van der Waals surface area contributed by atoms with E-state index in [1.54, 1.807) is 6.20 Å². The molecule has 2 heterocycles. The van der Waals surface area contributed by atoms with Crippen molar-refractivity contribution in [2.24, 2.45) is 10.7 Å². The number of hydrogen-bond acceptors (Lipinski definition) is 4. The largest absolute Gasteiger partial charge is 0.488 e. The Kier molecular flexibility index (Phi) is 7.45. The van der Waals surface area contributed by atoms with Crippen molar-refractivity contribution in [1.82, 2.24) is 4.98 Å². The summed E-state index contributed by atoms with van der Waals surface area (Å²) in [5.41, 5.74) is 8.08. The molecule has 0 spiro atoms. The molecular weight excluding hydrogens is 431 g/mol. The molecule has 1 atom stereocenters. The number of benzene rings is 1. The van der Waals surface area contributed by atoms with Gasteiger partial charge in [0.1, 0.15) is 17.7 Å². The van der Waals surface area contributed by atoms with Crippen molar-refractivity contribution in [1.29, 1.82) is 0 Å². The van der Waals surface area contributed by atoms with Gasteiger partial charge in [0.05, 0.1) is 19.8 Å². The Morgan fingerprint density at radius 1 is 1.40 bits per heavy atom. The van der Waals surface area contributed by atoms with Gasteiger partial charge in [0.2, 0.25) is 0 Å². The zero-order valence-electron chi connectivity index (χ0n) is 14.1. The molecule has 0 amide bonds. The van der Waals surface area contributed by atoms with Gasteiger partial charge in [-0.2, -0.15) is 0 Å². The smallest absolute Gasteiger partial charge is 0.194 e. The first-order chi connectivity index (χ1) is 11.7. The third-order valence-corrected chi connectivity index (χ3v) is 3.74. The maximum atomic E-state index is 6.07. The SMILES string of the molecule is Cc1ccc(CN=C(N)Nc2ccccn2)c(OC2CCOC2)c1.I. The van der Waals surface area contributed by atoms with Crippen molar-refractivity contribution in [3.05, 3.63) is 53.7 Å². The van der Waals surface area contributed by atoms with Gasteiger partial charge in [-0.1, -0.05) is 18.2 Å². The lowest BCUT2D eigenvalue weighted by molar-refractivity contribution is 0.140. The van der Waals surface area contributed by atoms with Gasteiger partial charge in [-0.3, -0.25) is 0 Å². The number of pyridine rings is 1. The molecule has 3 rings (SSSR count). The van der Waals surface area contributed by atoms with E-state index < -0.39 is 0 Å². The van der Waals surface area contributed by atoms with Crippen LogP contribution in [-0.2, 0) is 11.3 Å². The molecular formula is C18H23IN4O2. The summed E-state index contributed by atoms with van der Waals surface area (Å²) in [4.78, 5) is 8.55. The normalized spacial score (nSPS) is 17.0. The highest BCUT2D eigenvalue weighted by atomic mass is 127. The van der Waals surface area contributed by atoms with E-state index >= 15 is 0 Å². The van der Waals surface area contributed by atoms with Gasteiger partial charge >= 0.3 is 0 Å². The second-order valence-electron chi connectivity index (χ2n) is 5.76. The molecule has 0 radical (unpaired) electrons. The molecule has 6 nitrogen and oxygen atoms in total. The lowest BCUT2D eigenvalue weighted by atomic mass is 10.1. The molecule has 3 N–H and O–H groups in total. The van der Waals surface area contributed by atoms with Gasteiger partial charge in [0.15, 0.2) is 5.96 Å². The zero-order valence-corrected chi connectivity index (χ0v) is 16.5. The molecule has 1 aliphatic heterocycles. The highest BCUT2D eigenvalue weighted by Crippen LogP contribution is 2.24. The van der Waals surface area contributed by atoms with Crippen LogP contribution in [0.3, 0.4) is 0 Å². The number of aliphatic imine (C=N–C) groups is 1. The van der Waals surface area contributed by atoms with Crippen LogP contribution in [0.5, 0.6) is 5.75 Å². The summed E-state index contributed by atoms with van der Waals surface area (Å²) in [5.74, 6) is 1.84. The van der Waals surface area contributed by atoms with Gasteiger partial charge in [0, 0.05) is 18.2 Å². The van der Waals surface area contributed by atoms with Gasteiger partial charge in [-0.25, -0.2) is 9.98 Å². The Balaban J connectivity index is 0.00000225. The molecule has 0 bridgehead atoms. The molecule has 7 heteroatoms. The maximum absolute atomic E-state index is 6.07. The van der Waals surface area contributed by atoms with Crippen LogP contribution < -0.4 is 15.8 Å². The molecule has 1 aliphatic rings. The van der Waals surface area contributed by atoms with E-state index in [1.165, 1.54) is 0 Å². The molecule has 134 valence electrons. The van der Waals surface area contributed by atoms with Crippen molar-refractivity contribution < 1.29 is 9.47 Å². The standard InChI is InChI=1S/C18H22N4O2.HI/c1-13-5-6-14(16(10-13)24-15-7-9-23-12-15)11-21-18(19)22-17-4-2-3-8-20-17;/h2-6,8,10,15H,7,9,11-12H2,1H3,(H3,19,20,21,22);1H. The summed E-state index contributed by atoms with van der Waals surface area (Å²) >= 11 is 0. The van der Waals surface area contributed by atoms with Gasteiger partial charge in [0.25, 0.3) is 0 Å². The quantitative estimate of drug-likeness (QED) is 0.412. The summed E-state index contributed by atoms with van der Waals surface area (Å²) in [7, 11) is 0. The first kappa shape index (κ1) is 19.5.